The van der Waals surface area contributed by atoms with E-state index in [1.54, 1.807) is 0 Å². The van der Waals surface area contributed by atoms with Crippen LogP contribution in [0, 0.1) is 20.8 Å². The number of rotatable bonds is 4. The molecular formula is C15H21ClN4. The predicted molar refractivity (Wildman–Crippen MR) is 82.6 cm³/mol. The summed E-state index contributed by atoms with van der Waals surface area (Å²) in [5.74, 6) is 0.689. The molecule has 2 aromatic rings. The van der Waals surface area contributed by atoms with Gasteiger partial charge in [-0.3, -0.25) is 0 Å². The summed E-state index contributed by atoms with van der Waals surface area (Å²) in [6, 6.07) is 2.39. The van der Waals surface area contributed by atoms with Crippen LogP contribution in [0.2, 0.25) is 5.02 Å². The van der Waals surface area contributed by atoms with E-state index in [1.165, 1.54) is 5.56 Å². The minimum Gasteiger partial charge on any atom is -0.310 e. The van der Waals surface area contributed by atoms with Crippen LogP contribution in [0.5, 0.6) is 0 Å². The molecule has 0 amide bonds. The van der Waals surface area contributed by atoms with Gasteiger partial charge in [-0.25, -0.2) is 9.67 Å². The highest BCUT2D eigenvalue weighted by Gasteiger charge is 2.13. The standard InChI is InChI=1S/C15H21ClN4/c1-9(2)17-7-13-6-14(16)15(18-8-13)20-12(5)10(3)11(4)19-20/h6,8-9,17H,7H2,1-5H3. The number of nitrogens with one attached hydrogen (secondary N) is 1. The quantitative estimate of drug-likeness (QED) is 0.940. The number of aromatic nitrogens is 3. The Kier molecular flexibility index (Phi) is 4.45. The Balaban J connectivity index is 2.32. The summed E-state index contributed by atoms with van der Waals surface area (Å²) in [5.41, 5.74) is 4.33. The maximum Gasteiger partial charge on any atom is 0.172 e. The van der Waals surface area contributed by atoms with Gasteiger partial charge in [-0.2, -0.15) is 5.10 Å². The van der Waals surface area contributed by atoms with Crippen molar-refractivity contribution >= 4 is 11.6 Å². The van der Waals surface area contributed by atoms with E-state index in [4.69, 9.17) is 11.6 Å². The third-order valence-corrected chi connectivity index (χ3v) is 3.72. The van der Waals surface area contributed by atoms with Gasteiger partial charge in [-0.15, -0.1) is 0 Å². The first-order valence-electron chi connectivity index (χ1n) is 6.81. The van der Waals surface area contributed by atoms with Gasteiger partial charge in [-0.05, 0) is 38.0 Å². The average Bonchev–Trinajstić information content (AvgIpc) is 2.64. The summed E-state index contributed by atoms with van der Waals surface area (Å²) in [4.78, 5) is 4.47. The van der Waals surface area contributed by atoms with E-state index >= 15 is 0 Å². The lowest BCUT2D eigenvalue weighted by Crippen LogP contribution is -2.22. The van der Waals surface area contributed by atoms with Crippen LogP contribution in [0.3, 0.4) is 0 Å². The van der Waals surface area contributed by atoms with Gasteiger partial charge in [0.25, 0.3) is 0 Å². The SMILES string of the molecule is Cc1nn(-c2ncc(CNC(C)C)cc2Cl)c(C)c1C. The molecule has 0 aliphatic rings. The number of aryl methyl sites for hydroxylation is 1. The van der Waals surface area contributed by atoms with Gasteiger partial charge >= 0.3 is 0 Å². The van der Waals surface area contributed by atoms with Gasteiger partial charge in [0.1, 0.15) is 0 Å². The average molecular weight is 293 g/mol. The summed E-state index contributed by atoms with van der Waals surface area (Å²) in [5, 5.41) is 8.47. The fourth-order valence-electron chi connectivity index (χ4n) is 1.97. The molecule has 0 radical (unpaired) electrons. The number of nitrogens with zero attached hydrogens (tertiary/aromatic N) is 3. The zero-order valence-electron chi connectivity index (χ0n) is 12.7. The van der Waals surface area contributed by atoms with E-state index in [2.05, 4.69) is 36.2 Å². The van der Waals surface area contributed by atoms with E-state index in [-0.39, 0.29) is 0 Å². The second-order valence-corrected chi connectivity index (χ2v) is 5.80. The second-order valence-electron chi connectivity index (χ2n) is 5.39. The van der Waals surface area contributed by atoms with E-state index < -0.39 is 0 Å². The van der Waals surface area contributed by atoms with Crippen molar-refractivity contribution in [1.82, 2.24) is 20.1 Å². The Morgan fingerprint density at radius 2 is 2.00 bits per heavy atom. The summed E-state index contributed by atoms with van der Waals surface area (Å²) in [7, 11) is 0. The van der Waals surface area contributed by atoms with Crippen molar-refractivity contribution in [2.75, 3.05) is 0 Å². The van der Waals surface area contributed by atoms with Crippen LogP contribution in [-0.4, -0.2) is 20.8 Å². The molecule has 5 heteroatoms. The largest absolute Gasteiger partial charge is 0.310 e. The third-order valence-electron chi connectivity index (χ3n) is 3.45. The lowest BCUT2D eigenvalue weighted by Gasteiger charge is -2.10. The Hall–Kier alpha value is -1.39. The molecule has 108 valence electrons. The molecular weight excluding hydrogens is 272 g/mol. The Labute approximate surface area is 125 Å². The minimum absolute atomic E-state index is 0.437. The van der Waals surface area contributed by atoms with Gasteiger partial charge in [0.2, 0.25) is 0 Å². The maximum atomic E-state index is 6.36. The topological polar surface area (TPSA) is 42.7 Å². The fourth-order valence-corrected chi connectivity index (χ4v) is 2.24. The molecule has 2 rings (SSSR count). The zero-order valence-corrected chi connectivity index (χ0v) is 13.4. The second kappa shape index (κ2) is 5.94. The molecule has 0 aromatic carbocycles. The number of pyridine rings is 1. The van der Waals surface area contributed by atoms with Crippen molar-refractivity contribution in [3.63, 3.8) is 0 Å². The molecule has 4 nitrogen and oxygen atoms in total. The van der Waals surface area contributed by atoms with Crippen LogP contribution in [0.4, 0.5) is 0 Å². The molecule has 0 spiro atoms. The molecule has 0 fully saturated rings. The highest BCUT2D eigenvalue weighted by atomic mass is 35.5. The first-order chi connectivity index (χ1) is 9.40. The zero-order chi connectivity index (χ0) is 14.9. The smallest absolute Gasteiger partial charge is 0.172 e. The van der Waals surface area contributed by atoms with Crippen LogP contribution in [0.25, 0.3) is 5.82 Å². The van der Waals surface area contributed by atoms with Gasteiger partial charge < -0.3 is 5.32 Å². The first kappa shape index (κ1) is 15.0. The molecule has 0 aliphatic carbocycles. The summed E-state index contributed by atoms with van der Waals surface area (Å²) in [6.07, 6.45) is 1.85. The predicted octanol–water partition coefficient (Wildman–Crippen LogP) is 3.34. The molecule has 1 N–H and O–H groups in total. The summed E-state index contributed by atoms with van der Waals surface area (Å²) in [6.45, 7) is 11.1. The van der Waals surface area contributed by atoms with Crippen LogP contribution < -0.4 is 5.32 Å². The van der Waals surface area contributed by atoms with E-state index in [1.807, 2.05) is 30.8 Å². The monoisotopic (exact) mass is 292 g/mol. The van der Waals surface area contributed by atoms with Crippen molar-refractivity contribution in [3.05, 3.63) is 39.8 Å². The molecule has 2 aromatic heterocycles. The van der Waals surface area contributed by atoms with Gasteiger partial charge in [0, 0.05) is 24.5 Å². The highest BCUT2D eigenvalue weighted by Crippen LogP contribution is 2.22. The van der Waals surface area contributed by atoms with E-state index in [0.29, 0.717) is 16.9 Å². The highest BCUT2D eigenvalue weighted by molar-refractivity contribution is 6.32. The minimum atomic E-state index is 0.437. The molecule has 0 bridgehead atoms. The fraction of sp³-hybridized carbons (Fsp3) is 0.467. The van der Waals surface area contributed by atoms with Crippen LogP contribution in [0.15, 0.2) is 12.3 Å². The molecule has 0 saturated heterocycles. The van der Waals surface area contributed by atoms with Crippen LogP contribution in [0.1, 0.15) is 36.4 Å². The molecule has 0 unspecified atom stereocenters. The van der Waals surface area contributed by atoms with E-state index in [9.17, 15) is 0 Å². The molecule has 0 aliphatic heterocycles. The van der Waals surface area contributed by atoms with Crippen LogP contribution >= 0.6 is 11.6 Å². The molecule has 20 heavy (non-hydrogen) atoms. The van der Waals surface area contributed by atoms with Crippen molar-refractivity contribution in [2.24, 2.45) is 0 Å². The Morgan fingerprint density at radius 1 is 1.30 bits per heavy atom. The number of hydrogen-bond acceptors (Lipinski definition) is 3. The van der Waals surface area contributed by atoms with Gasteiger partial charge in [-0.1, -0.05) is 25.4 Å². The van der Waals surface area contributed by atoms with Crippen molar-refractivity contribution < 1.29 is 0 Å². The maximum absolute atomic E-state index is 6.36. The normalized spacial score (nSPS) is 11.3. The van der Waals surface area contributed by atoms with Crippen LogP contribution in [-0.2, 0) is 6.54 Å². The molecule has 0 atom stereocenters. The Bertz CT molecular complexity index is 617. The van der Waals surface area contributed by atoms with Crippen molar-refractivity contribution in [3.8, 4) is 5.82 Å². The third kappa shape index (κ3) is 3.02. The summed E-state index contributed by atoms with van der Waals surface area (Å²) >= 11 is 6.36. The van der Waals surface area contributed by atoms with E-state index in [0.717, 1.165) is 23.5 Å². The Morgan fingerprint density at radius 3 is 2.50 bits per heavy atom. The van der Waals surface area contributed by atoms with Gasteiger partial charge in [0.15, 0.2) is 5.82 Å². The lowest BCUT2D eigenvalue weighted by molar-refractivity contribution is 0.587. The first-order valence-corrected chi connectivity index (χ1v) is 7.19. The van der Waals surface area contributed by atoms with Crippen molar-refractivity contribution in [1.29, 1.82) is 0 Å². The number of halogens is 1. The van der Waals surface area contributed by atoms with Crippen molar-refractivity contribution in [2.45, 2.75) is 47.2 Å². The lowest BCUT2D eigenvalue weighted by atomic mass is 10.2. The van der Waals surface area contributed by atoms with Gasteiger partial charge in [0.05, 0.1) is 10.7 Å². The summed E-state index contributed by atoms with van der Waals surface area (Å²) < 4.78 is 1.81. The molecule has 2 heterocycles. The molecule has 0 saturated carbocycles. The number of hydrogen-bond donors (Lipinski definition) is 1.